The highest BCUT2D eigenvalue weighted by atomic mass is 32.2. The minimum absolute atomic E-state index is 0.0127. The lowest BCUT2D eigenvalue weighted by atomic mass is 9.97. The largest absolute Gasteiger partial charge is 0.379 e. The van der Waals surface area contributed by atoms with Crippen molar-refractivity contribution >= 4 is 10.0 Å². The van der Waals surface area contributed by atoms with Crippen LogP contribution in [0, 0.1) is 0 Å². The standard InChI is InChI=1S/C11H15F2NO3S/c1-11(15,10(12)13)8-4-6-9(7-5-8)18(16,17)14(2)3/h4-7,10,15H,1-3H3. The molecule has 0 saturated heterocycles. The fourth-order valence-corrected chi connectivity index (χ4v) is 2.20. The second-order valence-electron chi connectivity index (χ2n) is 4.26. The highest BCUT2D eigenvalue weighted by Gasteiger charge is 2.34. The van der Waals surface area contributed by atoms with E-state index in [0.717, 1.165) is 11.2 Å². The van der Waals surface area contributed by atoms with E-state index in [0.29, 0.717) is 0 Å². The van der Waals surface area contributed by atoms with Gasteiger partial charge in [0.05, 0.1) is 4.90 Å². The molecule has 7 heteroatoms. The van der Waals surface area contributed by atoms with Gasteiger partial charge in [0, 0.05) is 14.1 Å². The van der Waals surface area contributed by atoms with Crippen molar-refractivity contribution in [2.24, 2.45) is 0 Å². The summed E-state index contributed by atoms with van der Waals surface area (Å²) in [4.78, 5) is -0.0127. The van der Waals surface area contributed by atoms with Crippen LogP contribution in [0.15, 0.2) is 29.2 Å². The molecule has 1 rings (SSSR count). The van der Waals surface area contributed by atoms with Crippen molar-refractivity contribution in [3.8, 4) is 0 Å². The number of aliphatic hydroxyl groups is 1. The summed E-state index contributed by atoms with van der Waals surface area (Å²) in [7, 11) is -0.848. The number of alkyl halides is 2. The van der Waals surface area contributed by atoms with Crippen LogP contribution in [0.4, 0.5) is 8.78 Å². The fraction of sp³-hybridized carbons (Fsp3) is 0.455. The second-order valence-corrected chi connectivity index (χ2v) is 6.41. The van der Waals surface area contributed by atoms with E-state index in [1.165, 1.54) is 38.4 Å². The molecule has 0 bridgehead atoms. The number of hydrogen-bond donors (Lipinski definition) is 1. The highest BCUT2D eigenvalue weighted by Crippen LogP contribution is 2.28. The van der Waals surface area contributed by atoms with Gasteiger partial charge < -0.3 is 5.11 Å². The molecular weight excluding hydrogens is 264 g/mol. The molecule has 0 saturated carbocycles. The first kappa shape index (κ1) is 15.0. The van der Waals surface area contributed by atoms with Gasteiger partial charge in [0.25, 0.3) is 6.43 Å². The van der Waals surface area contributed by atoms with Crippen LogP contribution in [0.3, 0.4) is 0 Å². The molecule has 0 fully saturated rings. The van der Waals surface area contributed by atoms with Crippen molar-refractivity contribution in [2.45, 2.75) is 23.8 Å². The SMILES string of the molecule is CN(C)S(=O)(=O)c1ccc(C(C)(O)C(F)F)cc1. The van der Waals surface area contributed by atoms with Crippen molar-refractivity contribution in [1.29, 1.82) is 0 Å². The normalized spacial score (nSPS) is 16.0. The molecule has 0 aliphatic rings. The Morgan fingerprint density at radius 3 is 2.00 bits per heavy atom. The third kappa shape index (κ3) is 2.68. The summed E-state index contributed by atoms with van der Waals surface area (Å²) in [6.07, 6.45) is -2.95. The summed E-state index contributed by atoms with van der Waals surface area (Å²) in [6.45, 7) is 0.979. The number of sulfonamides is 1. The monoisotopic (exact) mass is 279 g/mol. The Bertz CT molecular complexity index is 510. The summed E-state index contributed by atoms with van der Waals surface area (Å²) >= 11 is 0. The topological polar surface area (TPSA) is 57.6 Å². The number of rotatable bonds is 4. The predicted octanol–water partition coefficient (Wildman–Crippen LogP) is 1.41. The van der Waals surface area contributed by atoms with E-state index in [9.17, 15) is 22.3 Å². The first-order valence-corrected chi connectivity index (χ1v) is 6.57. The van der Waals surface area contributed by atoms with Gasteiger partial charge in [-0.05, 0) is 24.6 Å². The van der Waals surface area contributed by atoms with Crippen LogP contribution in [0.1, 0.15) is 12.5 Å². The van der Waals surface area contributed by atoms with Crippen LogP contribution in [-0.2, 0) is 15.6 Å². The van der Waals surface area contributed by atoms with Crippen molar-refractivity contribution in [3.05, 3.63) is 29.8 Å². The third-order valence-electron chi connectivity index (χ3n) is 2.64. The van der Waals surface area contributed by atoms with Gasteiger partial charge in [0.1, 0.15) is 5.60 Å². The molecule has 0 aromatic heterocycles. The first-order chi connectivity index (χ1) is 8.10. The second kappa shape index (κ2) is 4.91. The lowest BCUT2D eigenvalue weighted by Crippen LogP contribution is -2.30. The van der Waals surface area contributed by atoms with E-state index in [2.05, 4.69) is 0 Å². The molecule has 0 amide bonds. The van der Waals surface area contributed by atoms with Gasteiger partial charge in [-0.2, -0.15) is 0 Å². The minimum atomic E-state index is -3.60. The lowest BCUT2D eigenvalue weighted by Gasteiger charge is -2.23. The molecule has 18 heavy (non-hydrogen) atoms. The summed E-state index contributed by atoms with van der Waals surface area (Å²) in [5, 5.41) is 9.56. The summed E-state index contributed by atoms with van der Waals surface area (Å²) in [5.74, 6) is 0. The van der Waals surface area contributed by atoms with E-state index in [1.54, 1.807) is 0 Å². The average molecular weight is 279 g/mol. The molecule has 1 N–H and O–H groups in total. The fourth-order valence-electron chi connectivity index (χ4n) is 1.30. The van der Waals surface area contributed by atoms with Crippen LogP contribution in [0.5, 0.6) is 0 Å². The summed E-state index contributed by atoms with van der Waals surface area (Å²) in [6, 6.07) is 4.76. The molecule has 1 atom stereocenters. The van der Waals surface area contributed by atoms with Crippen molar-refractivity contribution < 1.29 is 22.3 Å². The molecule has 1 aromatic carbocycles. The Morgan fingerprint density at radius 2 is 1.67 bits per heavy atom. The maximum Gasteiger partial charge on any atom is 0.270 e. The zero-order chi connectivity index (χ0) is 14.1. The number of nitrogens with zero attached hydrogens (tertiary/aromatic N) is 1. The third-order valence-corrected chi connectivity index (χ3v) is 4.47. The van der Waals surface area contributed by atoms with Crippen LogP contribution >= 0.6 is 0 Å². The van der Waals surface area contributed by atoms with Crippen molar-refractivity contribution in [2.75, 3.05) is 14.1 Å². The van der Waals surface area contributed by atoms with Gasteiger partial charge in [-0.25, -0.2) is 21.5 Å². The van der Waals surface area contributed by atoms with Gasteiger partial charge >= 0.3 is 0 Å². The molecule has 102 valence electrons. The molecule has 0 radical (unpaired) electrons. The van der Waals surface area contributed by atoms with E-state index in [4.69, 9.17) is 0 Å². The van der Waals surface area contributed by atoms with Gasteiger partial charge in [0.15, 0.2) is 0 Å². The van der Waals surface area contributed by atoms with E-state index >= 15 is 0 Å². The Hall–Kier alpha value is -1.05. The van der Waals surface area contributed by atoms with E-state index < -0.39 is 22.0 Å². The summed E-state index contributed by atoms with van der Waals surface area (Å²) < 4.78 is 49.7. The quantitative estimate of drug-likeness (QED) is 0.906. The minimum Gasteiger partial charge on any atom is -0.379 e. The Balaban J connectivity index is 3.16. The zero-order valence-corrected chi connectivity index (χ0v) is 11.1. The molecule has 0 spiro atoms. The van der Waals surface area contributed by atoms with Crippen LogP contribution in [0.2, 0.25) is 0 Å². The van der Waals surface area contributed by atoms with E-state index in [-0.39, 0.29) is 10.5 Å². The van der Waals surface area contributed by atoms with Crippen molar-refractivity contribution in [1.82, 2.24) is 4.31 Å². The van der Waals surface area contributed by atoms with Gasteiger partial charge in [-0.1, -0.05) is 12.1 Å². The summed E-state index contributed by atoms with van der Waals surface area (Å²) in [5.41, 5.74) is -2.32. The lowest BCUT2D eigenvalue weighted by molar-refractivity contribution is -0.0883. The number of benzene rings is 1. The molecule has 4 nitrogen and oxygen atoms in total. The van der Waals surface area contributed by atoms with Crippen LogP contribution in [-0.4, -0.2) is 38.4 Å². The maximum absolute atomic E-state index is 12.6. The number of halogens is 2. The van der Waals surface area contributed by atoms with Crippen LogP contribution in [0.25, 0.3) is 0 Å². The molecule has 0 heterocycles. The highest BCUT2D eigenvalue weighted by molar-refractivity contribution is 7.89. The average Bonchev–Trinajstić information content (AvgIpc) is 2.28. The molecule has 1 unspecified atom stereocenters. The van der Waals surface area contributed by atoms with Gasteiger partial charge in [0.2, 0.25) is 10.0 Å². The Labute approximate surface area is 105 Å². The van der Waals surface area contributed by atoms with Crippen LogP contribution < -0.4 is 0 Å². The van der Waals surface area contributed by atoms with Gasteiger partial charge in [-0.3, -0.25) is 0 Å². The maximum atomic E-state index is 12.6. The number of hydrogen-bond acceptors (Lipinski definition) is 3. The zero-order valence-electron chi connectivity index (χ0n) is 10.3. The molecule has 0 aliphatic heterocycles. The predicted molar refractivity (Wildman–Crippen MR) is 62.9 cm³/mol. The Kier molecular flexibility index (Phi) is 4.09. The molecular formula is C11H15F2NO3S. The van der Waals surface area contributed by atoms with Gasteiger partial charge in [-0.15, -0.1) is 0 Å². The smallest absolute Gasteiger partial charge is 0.270 e. The first-order valence-electron chi connectivity index (χ1n) is 5.13. The molecule has 1 aromatic rings. The Morgan fingerprint density at radius 1 is 1.22 bits per heavy atom. The molecule has 0 aliphatic carbocycles. The van der Waals surface area contributed by atoms with Crippen molar-refractivity contribution in [3.63, 3.8) is 0 Å². The van der Waals surface area contributed by atoms with E-state index in [1.807, 2.05) is 0 Å².